The van der Waals surface area contributed by atoms with E-state index in [0.29, 0.717) is 31.5 Å². The number of carbonyl (C=O) groups excluding carboxylic acids is 3. The van der Waals surface area contributed by atoms with Gasteiger partial charge >= 0.3 is 0 Å². The molecule has 3 unspecified atom stereocenters. The lowest BCUT2D eigenvalue weighted by Gasteiger charge is -2.42. The van der Waals surface area contributed by atoms with E-state index in [9.17, 15) is 32.3 Å². The van der Waals surface area contributed by atoms with Gasteiger partial charge in [0, 0.05) is 49.1 Å². The molecule has 3 aliphatic rings. The van der Waals surface area contributed by atoms with Crippen LogP contribution in [-0.2, 0) is 16.2 Å². The lowest BCUT2D eigenvalue weighted by molar-refractivity contribution is -0.220. The minimum atomic E-state index is -1.18. The summed E-state index contributed by atoms with van der Waals surface area (Å²) in [5, 5.41) is 3.68. The van der Waals surface area contributed by atoms with Crippen molar-refractivity contribution in [1.29, 1.82) is 0 Å². The number of nitrogens with zero attached hydrogens (tertiary/aromatic N) is 3. The molecule has 1 N–H and O–H groups in total. The van der Waals surface area contributed by atoms with E-state index in [1.165, 1.54) is 15.8 Å². The molecule has 4 heterocycles. The molecular weight excluding hydrogens is 529 g/mol. The first-order chi connectivity index (χ1) is 18.7. The Morgan fingerprint density at radius 1 is 1.12 bits per heavy atom. The number of amides is 3. The molecule has 2 saturated heterocycles. The molecule has 3 aliphatic heterocycles. The summed E-state index contributed by atoms with van der Waals surface area (Å²) in [5.41, 5.74) is -2.85. The largest absolute Gasteiger partial charge is 0.348 e. The highest BCUT2D eigenvalue weighted by atomic mass is 19.1. The maximum Gasteiger partial charge on any atom is 0.270 e. The second-order valence-electron chi connectivity index (χ2n) is 12.1. The highest BCUT2D eigenvalue weighted by molar-refractivity contribution is 5.97. The zero-order valence-corrected chi connectivity index (χ0v) is 22.7. The van der Waals surface area contributed by atoms with E-state index >= 15 is 0 Å². The Hall–Kier alpha value is -3.67. The summed E-state index contributed by atoms with van der Waals surface area (Å²) < 4.78 is 42.9. The number of fused-ring (bicyclic) bond motifs is 5. The summed E-state index contributed by atoms with van der Waals surface area (Å²) in [7, 11) is 0. The van der Waals surface area contributed by atoms with Crippen LogP contribution in [0.1, 0.15) is 79.4 Å². The number of halogens is 3. The van der Waals surface area contributed by atoms with Gasteiger partial charge in [-0.15, -0.1) is 0 Å². The van der Waals surface area contributed by atoms with Crippen LogP contribution in [0.3, 0.4) is 0 Å². The smallest absolute Gasteiger partial charge is 0.270 e. The fraction of sp³-hybridized carbons (Fsp3) is 0.500. The molecule has 2 bridgehead atoms. The van der Waals surface area contributed by atoms with Crippen molar-refractivity contribution in [3.63, 3.8) is 0 Å². The van der Waals surface area contributed by atoms with Crippen LogP contribution >= 0.6 is 0 Å². The zero-order chi connectivity index (χ0) is 29.1. The van der Waals surface area contributed by atoms with Crippen molar-refractivity contribution in [2.75, 3.05) is 13.1 Å². The van der Waals surface area contributed by atoms with Gasteiger partial charge in [0.15, 0.2) is 5.43 Å². The van der Waals surface area contributed by atoms with E-state index in [4.69, 9.17) is 4.84 Å². The Labute approximate surface area is 228 Å². The van der Waals surface area contributed by atoms with Gasteiger partial charge in [0.25, 0.3) is 11.8 Å². The Balaban J connectivity index is 1.51. The molecule has 1 spiro atoms. The second-order valence-corrected chi connectivity index (χ2v) is 12.1. The monoisotopic (exact) mass is 560 g/mol. The minimum absolute atomic E-state index is 0.0619. The van der Waals surface area contributed by atoms with E-state index in [1.807, 2.05) is 27.7 Å². The molecule has 12 heteroatoms. The first-order valence-electron chi connectivity index (χ1n) is 13.2. The molecule has 1 aromatic heterocycles. The van der Waals surface area contributed by atoms with Crippen LogP contribution in [0.2, 0.25) is 0 Å². The lowest BCUT2D eigenvalue weighted by Crippen LogP contribution is -2.52. The van der Waals surface area contributed by atoms with Crippen molar-refractivity contribution in [1.82, 2.24) is 19.8 Å². The van der Waals surface area contributed by atoms with E-state index in [0.717, 1.165) is 6.07 Å². The SMILES string of the molecule is CC1CCC2(CC(=O)N(CC(C)(C)C)O2)C2CN1C(=O)c1cc(=O)c(C(=O)NCc3c(F)cc(F)cc3F)cn12. The number of carbonyl (C=O) groups is 3. The van der Waals surface area contributed by atoms with E-state index in [-0.39, 0.29) is 47.5 Å². The maximum absolute atomic E-state index is 14.1. The fourth-order valence-corrected chi connectivity index (χ4v) is 5.74. The van der Waals surface area contributed by atoms with Crippen LogP contribution in [0.15, 0.2) is 29.2 Å². The number of hydroxylamine groups is 2. The number of pyridine rings is 1. The van der Waals surface area contributed by atoms with Gasteiger partial charge in [0.05, 0.1) is 19.0 Å². The third-order valence-corrected chi connectivity index (χ3v) is 7.80. The highest BCUT2D eigenvalue weighted by Gasteiger charge is 2.56. The Morgan fingerprint density at radius 3 is 2.45 bits per heavy atom. The number of hydrogen-bond donors (Lipinski definition) is 1. The van der Waals surface area contributed by atoms with Crippen molar-refractivity contribution in [2.45, 2.75) is 71.2 Å². The average molecular weight is 561 g/mol. The van der Waals surface area contributed by atoms with Crippen LogP contribution in [0, 0.1) is 22.9 Å². The van der Waals surface area contributed by atoms with E-state index in [1.54, 1.807) is 4.90 Å². The third-order valence-electron chi connectivity index (χ3n) is 7.80. The predicted octanol–water partition coefficient (Wildman–Crippen LogP) is 3.32. The van der Waals surface area contributed by atoms with Crippen molar-refractivity contribution >= 4 is 17.7 Å². The first-order valence-corrected chi connectivity index (χ1v) is 13.2. The molecule has 2 aromatic rings. The number of benzene rings is 1. The minimum Gasteiger partial charge on any atom is -0.348 e. The molecule has 3 amide bonds. The average Bonchev–Trinajstić information content (AvgIpc) is 3.09. The van der Waals surface area contributed by atoms with Crippen molar-refractivity contribution in [3.8, 4) is 0 Å². The van der Waals surface area contributed by atoms with Gasteiger partial charge < -0.3 is 14.8 Å². The Bertz CT molecular complexity index is 1450. The Kier molecular flexibility index (Phi) is 6.80. The van der Waals surface area contributed by atoms with Crippen molar-refractivity contribution < 1.29 is 32.4 Å². The molecule has 40 heavy (non-hydrogen) atoms. The van der Waals surface area contributed by atoms with Gasteiger partial charge in [0.2, 0.25) is 5.91 Å². The van der Waals surface area contributed by atoms with Gasteiger partial charge in [-0.25, -0.2) is 18.2 Å². The second kappa shape index (κ2) is 9.76. The van der Waals surface area contributed by atoms with Crippen LogP contribution in [0.5, 0.6) is 0 Å². The summed E-state index contributed by atoms with van der Waals surface area (Å²) in [6.45, 7) is 7.80. The van der Waals surface area contributed by atoms with Crippen LogP contribution in [0.25, 0.3) is 0 Å². The van der Waals surface area contributed by atoms with Crippen molar-refractivity contribution in [2.24, 2.45) is 5.41 Å². The summed E-state index contributed by atoms with van der Waals surface area (Å²) in [6.07, 6.45) is 2.35. The topological polar surface area (TPSA) is 101 Å². The molecule has 2 fully saturated rings. The maximum atomic E-state index is 14.1. The summed E-state index contributed by atoms with van der Waals surface area (Å²) in [4.78, 5) is 60.6. The number of hydrogen-bond acceptors (Lipinski definition) is 5. The van der Waals surface area contributed by atoms with E-state index in [2.05, 4.69) is 5.32 Å². The molecule has 1 aromatic carbocycles. The zero-order valence-electron chi connectivity index (χ0n) is 22.7. The molecule has 0 aliphatic carbocycles. The number of nitrogens with one attached hydrogen (secondary N) is 1. The summed E-state index contributed by atoms with van der Waals surface area (Å²) in [5.74, 6) is -4.94. The number of aromatic nitrogens is 1. The molecule has 0 saturated carbocycles. The standard InChI is InChI=1S/C28H31F3N4O5/c1-15-5-6-28(10-24(37)35(40-28)14-27(2,3)4)23-13-33(15)26(39)21-9-22(36)18(12-34(21)23)25(38)32-11-17-19(30)7-16(29)8-20(17)31/h7-9,12,15,23H,5-6,10-11,13-14H2,1-4H3,(H,32,38). The fourth-order valence-electron chi connectivity index (χ4n) is 5.74. The molecule has 3 atom stereocenters. The molecule has 214 valence electrons. The van der Waals surface area contributed by atoms with Crippen LogP contribution in [-0.4, -0.2) is 57.0 Å². The Morgan fingerprint density at radius 2 is 1.80 bits per heavy atom. The molecular formula is C28H31F3N4O5. The number of rotatable bonds is 4. The summed E-state index contributed by atoms with van der Waals surface area (Å²) in [6, 6.07) is 1.31. The van der Waals surface area contributed by atoms with Gasteiger partial charge in [-0.05, 0) is 25.2 Å². The van der Waals surface area contributed by atoms with Gasteiger partial charge in [-0.1, -0.05) is 20.8 Å². The quantitative estimate of drug-likeness (QED) is 0.619. The molecule has 5 rings (SSSR count). The highest BCUT2D eigenvalue weighted by Crippen LogP contribution is 2.46. The van der Waals surface area contributed by atoms with Gasteiger partial charge in [-0.3, -0.25) is 24.0 Å². The van der Waals surface area contributed by atoms with E-state index < -0.39 is 52.5 Å². The van der Waals surface area contributed by atoms with Gasteiger partial charge in [-0.2, -0.15) is 0 Å². The van der Waals surface area contributed by atoms with Crippen LogP contribution in [0.4, 0.5) is 13.2 Å². The predicted molar refractivity (Wildman–Crippen MR) is 137 cm³/mol. The van der Waals surface area contributed by atoms with Crippen molar-refractivity contribution in [3.05, 3.63) is 68.9 Å². The first kappa shape index (κ1) is 27.9. The third kappa shape index (κ3) is 4.89. The summed E-state index contributed by atoms with van der Waals surface area (Å²) >= 11 is 0. The van der Waals surface area contributed by atoms with Gasteiger partial charge in [0.1, 0.15) is 34.3 Å². The molecule has 9 nitrogen and oxygen atoms in total. The lowest BCUT2D eigenvalue weighted by atomic mass is 9.85. The van der Waals surface area contributed by atoms with Crippen LogP contribution < -0.4 is 10.7 Å². The molecule has 0 radical (unpaired) electrons. The normalized spacial score (nSPS) is 24.4.